The molecule has 3 heteroatoms. The van der Waals surface area contributed by atoms with Gasteiger partial charge in [-0.05, 0) is 44.8 Å². The van der Waals surface area contributed by atoms with E-state index in [2.05, 4.69) is 34.6 Å². The topological polar surface area (TPSA) is 0 Å². The van der Waals surface area contributed by atoms with Crippen LogP contribution in [0.15, 0.2) is 22.3 Å². The Kier molecular flexibility index (Phi) is 9.87. The Morgan fingerprint density at radius 1 is 0.692 bits per heavy atom. The molecule has 0 fully saturated rings. The smallest absolute Gasteiger partial charge is 0.00153 e. The van der Waals surface area contributed by atoms with Crippen molar-refractivity contribution in [2.75, 3.05) is 0 Å². The molecule has 1 aliphatic carbocycles. The maximum absolute atomic E-state index is 2.28. The van der Waals surface area contributed by atoms with Crippen molar-refractivity contribution in [1.82, 2.24) is 0 Å². The van der Waals surface area contributed by atoms with E-state index in [1.54, 1.807) is 11.1 Å². The van der Waals surface area contributed by atoms with Crippen LogP contribution in [0.5, 0.6) is 0 Å². The van der Waals surface area contributed by atoms with Gasteiger partial charge in [0, 0.05) is 0 Å². The maximum Gasteiger partial charge on any atom is -0.00153 e. The molecule has 0 radical (unpaired) electrons. The molecule has 13 heavy (non-hydrogen) atoms. The van der Waals surface area contributed by atoms with E-state index in [9.17, 15) is 0 Å². The lowest BCUT2D eigenvalue weighted by atomic mass is 10.00. The summed E-state index contributed by atoms with van der Waals surface area (Å²) in [5, 5.41) is 0. The van der Waals surface area contributed by atoms with Gasteiger partial charge in [0.2, 0.25) is 0 Å². The highest BCUT2D eigenvalue weighted by molar-refractivity contribution is 5.86. The van der Waals surface area contributed by atoms with Gasteiger partial charge in [-0.25, -0.2) is 0 Å². The molecule has 0 heterocycles. The van der Waals surface area contributed by atoms with Crippen molar-refractivity contribution in [1.29, 1.82) is 0 Å². The third-order valence-corrected chi connectivity index (χ3v) is 3.04. The Hall–Kier alpha value is 0.350. The van der Waals surface area contributed by atoms with Crippen LogP contribution >= 0.6 is 37.2 Å². The lowest BCUT2D eigenvalue weighted by Gasteiger charge is -2.05. The van der Waals surface area contributed by atoms with Gasteiger partial charge in [-0.3, -0.25) is 0 Å². The first-order chi connectivity index (χ1) is 4.55. The molecule has 0 atom stereocenters. The Bertz CT molecular complexity index is 202. The minimum Gasteiger partial charge on any atom is -0.147 e. The number of allylic oxidation sites excluding steroid dienone is 4. The first-order valence-electron chi connectivity index (χ1n) is 3.90. The molecule has 0 saturated heterocycles. The van der Waals surface area contributed by atoms with Crippen LogP contribution in [-0.2, 0) is 0 Å². The summed E-state index contributed by atoms with van der Waals surface area (Å²) in [6.07, 6.45) is 0. The summed E-state index contributed by atoms with van der Waals surface area (Å²) in [5.74, 6) is 0.694. The molecular weight excluding hydrogens is 226 g/mol. The molecule has 80 valence electrons. The molecule has 0 aliphatic heterocycles. The van der Waals surface area contributed by atoms with E-state index in [1.165, 1.54) is 11.1 Å². The van der Waals surface area contributed by atoms with Gasteiger partial charge in [0.15, 0.2) is 0 Å². The predicted octanol–water partition coefficient (Wildman–Crippen LogP) is 4.57. The number of halogens is 3. The Labute approximate surface area is 100 Å². The second-order valence-electron chi connectivity index (χ2n) is 3.34. The van der Waals surface area contributed by atoms with Crippen molar-refractivity contribution in [2.45, 2.75) is 34.6 Å². The third kappa shape index (κ3) is 3.19. The largest absolute Gasteiger partial charge is 0.147 e. The highest BCUT2D eigenvalue weighted by atomic mass is 35.5. The highest BCUT2D eigenvalue weighted by Gasteiger charge is 2.19. The van der Waals surface area contributed by atoms with Crippen molar-refractivity contribution >= 4 is 37.2 Å². The minimum absolute atomic E-state index is 0. The first kappa shape index (κ1) is 19.0. The van der Waals surface area contributed by atoms with Crippen LogP contribution in [0.4, 0.5) is 0 Å². The summed E-state index contributed by atoms with van der Waals surface area (Å²) in [7, 11) is 0. The Morgan fingerprint density at radius 3 is 1.00 bits per heavy atom. The molecule has 0 N–H and O–H groups in total. The van der Waals surface area contributed by atoms with Crippen LogP contribution in [0.3, 0.4) is 0 Å². The van der Waals surface area contributed by atoms with Gasteiger partial charge in [0.1, 0.15) is 0 Å². The molecule has 0 nitrogen and oxygen atoms in total. The van der Waals surface area contributed by atoms with Gasteiger partial charge >= 0.3 is 0 Å². The zero-order chi connectivity index (χ0) is 7.89. The monoisotopic (exact) mass is 244 g/mol. The predicted molar refractivity (Wildman–Crippen MR) is 67.7 cm³/mol. The van der Waals surface area contributed by atoms with E-state index >= 15 is 0 Å². The first-order valence-corrected chi connectivity index (χ1v) is 3.90. The zero-order valence-corrected chi connectivity index (χ0v) is 11.3. The Morgan fingerprint density at radius 2 is 0.923 bits per heavy atom. The highest BCUT2D eigenvalue weighted by Crippen LogP contribution is 2.35. The molecule has 0 unspecified atom stereocenters. The molecule has 0 aromatic heterocycles. The molecule has 0 aromatic carbocycles. The summed E-state index contributed by atoms with van der Waals surface area (Å²) < 4.78 is 0. The van der Waals surface area contributed by atoms with Crippen molar-refractivity contribution in [3.63, 3.8) is 0 Å². The second-order valence-corrected chi connectivity index (χ2v) is 3.34. The van der Waals surface area contributed by atoms with Crippen molar-refractivity contribution in [3.8, 4) is 0 Å². The summed E-state index contributed by atoms with van der Waals surface area (Å²) in [5.41, 5.74) is 6.11. The van der Waals surface area contributed by atoms with E-state index in [4.69, 9.17) is 0 Å². The van der Waals surface area contributed by atoms with Gasteiger partial charge in [-0.1, -0.05) is 18.1 Å². The Balaban J connectivity index is -0.000000333. The standard InChI is InChI=1S/C10H16.3ClH/c1-6-7(2)9(4)10(5)8(6)3;;;/h6H,1-5H3;3*1H. The quantitative estimate of drug-likeness (QED) is 0.586. The lowest BCUT2D eigenvalue weighted by Crippen LogP contribution is -1.92. The molecule has 1 rings (SSSR count). The van der Waals surface area contributed by atoms with E-state index in [0.29, 0.717) is 5.92 Å². The molecule has 0 spiro atoms. The second kappa shape index (κ2) is 6.75. The van der Waals surface area contributed by atoms with E-state index in [0.717, 1.165) is 0 Å². The lowest BCUT2D eigenvalue weighted by molar-refractivity contribution is 0.815. The normalized spacial score (nSPS) is 16.4. The SMILES string of the molecule is CC1=C(C)C(C)C(C)=C1C.Cl.Cl.Cl. The van der Waals surface area contributed by atoms with Crippen LogP contribution < -0.4 is 0 Å². The van der Waals surface area contributed by atoms with Crippen LogP contribution in [0, 0.1) is 5.92 Å². The van der Waals surface area contributed by atoms with Crippen LogP contribution in [0.1, 0.15) is 34.6 Å². The average Bonchev–Trinajstić information content (AvgIpc) is 2.07. The maximum atomic E-state index is 2.28. The van der Waals surface area contributed by atoms with E-state index < -0.39 is 0 Å². The van der Waals surface area contributed by atoms with Gasteiger partial charge in [0.05, 0.1) is 0 Å². The van der Waals surface area contributed by atoms with Crippen molar-refractivity contribution in [3.05, 3.63) is 22.3 Å². The summed E-state index contributed by atoms with van der Waals surface area (Å²) in [6.45, 7) is 11.2. The summed E-state index contributed by atoms with van der Waals surface area (Å²) in [6, 6.07) is 0. The van der Waals surface area contributed by atoms with E-state index in [1.807, 2.05) is 0 Å². The number of rotatable bonds is 0. The van der Waals surface area contributed by atoms with Crippen LogP contribution in [0.2, 0.25) is 0 Å². The van der Waals surface area contributed by atoms with Crippen molar-refractivity contribution < 1.29 is 0 Å². The van der Waals surface area contributed by atoms with E-state index in [-0.39, 0.29) is 37.2 Å². The third-order valence-electron chi connectivity index (χ3n) is 3.04. The molecular formula is C10H19Cl3. The van der Waals surface area contributed by atoms with Gasteiger partial charge in [-0.15, -0.1) is 37.2 Å². The zero-order valence-electron chi connectivity index (χ0n) is 8.80. The van der Waals surface area contributed by atoms with Crippen molar-refractivity contribution in [2.24, 2.45) is 5.92 Å². The molecule has 0 saturated carbocycles. The summed E-state index contributed by atoms with van der Waals surface area (Å²) in [4.78, 5) is 0. The minimum atomic E-state index is 0. The fourth-order valence-electron chi connectivity index (χ4n) is 1.57. The molecule has 0 bridgehead atoms. The fraction of sp³-hybridized carbons (Fsp3) is 0.600. The average molecular weight is 246 g/mol. The molecule has 0 amide bonds. The molecule has 1 aliphatic rings. The fourth-order valence-corrected chi connectivity index (χ4v) is 1.57. The number of hydrogen-bond acceptors (Lipinski definition) is 0. The summed E-state index contributed by atoms with van der Waals surface area (Å²) >= 11 is 0. The number of hydrogen-bond donors (Lipinski definition) is 0. The van der Waals surface area contributed by atoms with Gasteiger partial charge in [-0.2, -0.15) is 0 Å². The van der Waals surface area contributed by atoms with Gasteiger partial charge < -0.3 is 0 Å². The van der Waals surface area contributed by atoms with Crippen LogP contribution in [-0.4, -0.2) is 0 Å². The van der Waals surface area contributed by atoms with Crippen LogP contribution in [0.25, 0.3) is 0 Å². The van der Waals surface area contributed by atoms with Gasteiger partial charge in [0.25, 0.3) is 0 Å². The molecule has 0 aromatic rings.